The molecule has 0 unspecified atom stereocenters. The summed E-state index contributed by atoms with van der Waals surface area (Å²) in [6, 6.07) is 1.64. The SMILES string of the molecule is Cn1ccnc1-c1cc(N)no1. The van der Waals surface area contributed by atoms with Crippen LogP contribution in [0.3, 0.4) is 0 Å². The number of anilines is 1. The van der Waals surface area contributed by atoms with Crippen LogP contribution in [0.25, 0.3) is 11.6 Å². The fourth-order valence-corrected chi connectivity index (χ4v) is 0.997. The Morgan fingerprint density at radius 1 is 1.58 bits per heavy atom. The van der Waals surface area contributed by atoms with Gasteiger partial charge in [-0.2, -0.15) is 0 Å². The van der Waals surface area contributed by atoms with Crippen LogP contribution in [0.5, 0.6) is 0 Å². The number of nitrogen functional groups attached to an aromatic ring is 1. The van der Waals surface area contributed by atoms with Gasteiger partial charge in [-0.3, -0.25) is 0 Å². The molecule has 5 nitrogen and oxygen atoms in total. The lowest BCUT2D eigenvalue weighted by atomic mass is 10.4. The van der Waals surface area contributed by atoms with Crippen molar-refractivity contribution >= 4 is 5.82 Å². The van der Waals surface area contributed by atoms with Crippen molar-refractivity contribution in [2.24, 2.45) is 7.05 Å². The Morgan fingerprint density at radius 2 is 2.42 bits per heavy atom. The first-order valence-corrected chi connectivity index (χ1v) is 3.47. The van der Waals surface area contributed by atoms with Gasteiger partial charge in [-0.15, -0.1) is 0 Å². The van der Waals surface area contributed by atoms with E-state index in [1.165, 1.54) is 0 Å². The lowest BCUT2D eigenvalue weighted by Gasteiger charge is -1.93. The molecule has 0 aliphatic rings. The third kappa shape index (κ3) is 0.952. The van der Waals surface area contributed by atoms with E-state index in [9.17, 15) is 0 Å². The molecule has 2 aromatic heterocycles. The second-order valence-corrected chi connectivity index (χ2v) is 2.48. The van der Waals surface area contributed by atoms with Crippen molar-refractivity contribution in [3.05, 3.63) is 18.5 Å². The van der Waals surface area contributed by atoms with E-state index in [2.05, 4.69) is 10.1 Å². The van der Waals surface area contributed by atoms with Gasteiger partial charge in [0.05, 0.1) is 0 Å². The molecule has 0 spiro atoms. The zero-order valence-corrected chi connectivity index (χ0v) is 6.56. The van der Waals surface area contributed by atoms with Crippen molar-refractivity contribution in [3.63, 3.8) is 0 Å². The largest absolute Gasteiger partial charge is 0.381 e. The minimum absolute atomic E-state index is 0.369. The molecule has 0 saturated carbocycles. The van der Waals surface area contributed by atoms with Crippen LogP contribution in [0.1, 0.15) is 0 Å². The second kappa shape index (κ2) is 2.37. The van der Waals surface area contributed by atoms with Gasteiger partial charge in [-0.05, 0) is 0 Å². The van der Waals surface area contributed by atoms with E-state index in [-0.39, 0.29) is 0 Å². The Balaban J connectivity index is 2.50. The highest BCUT2D eigenvalue weighted by atomic mass is 16.5. The topological polar surface area (TPSA) is 69.9 Å². The highest BCUT2D eigenvalue weighted by molar-refractivity contribution is 5.51. The van der Waals surface area contributed by atoms with Gasteiger partial charge in [0.1, 0.15) is 0 Å². The van der Waals surface area contributed by atoms with Crippen LogP contribution < -0.4 is 5.73 Å². The van der Waals surface area contributed by atoms with Gasteiger partial charge >= 0.3 is 0 Å². The Hall–Kier alpha value is -1.78. The molecule has 0 atom stereocenters. The highest BCUT2D eigenvalue weighted by Gasteiger charge is 2.08. The molecule has 2 N–H and O–H groups in total. The molecule has 2 rings (SSSR count). The van der Waals surface area contributed by atoms with E-state index >= 15 is 0 Å². The van der Waals surface area contributed by atoms with Gasteiger partial charge < -0.3 is 14.8 Å². The van der Waals surface area contributed by atoms with E-state index in [4.69, 9.17) is 10.3 Å². The molecule has 0 aliphatic heterocycles. The summed E-state index contributed by atoms with van der Waals surface area (Å²) in [5.74, 6) is 1.67. The smallest absolute Gasteiger partial charge is 0.204 e. The van der Waals surface area contributed by atoms with Crippen molar-refractivity contribution in [2.75, 3.05) is 5.73 Å². The zero-order chi connectivity index (χ0) is 8.55. The van der Waals surface area contributed by atoms with Crippen LogP contribution in [0, 0.1) is 0 Å². The Bertz CT molecular complexity index is 390. The van der Waals surface area contributed by atoms with Crippen LogP contribution in [0.15, 0.2) is 23.0 Å². The number of imidazole rings is 1. The number of aromatic nitrogens is 3. The number of aryl methyl sites for hydroxylation is 1. The van der Waals surface area contributed by atoms with Gasteiger partial charge in [-0.25, -0.2) is 4.98 Å². The number of nitrogens with two attached hydrogens (primary N) is 1. The second-order valence-electron chi connectivity index (χ2n) is 2.48. The monoisotopic (exact) mass is 164 g/mol. The molecule has 0 amide bonds. The fourth-order valence-electron chi connectivity index (χ4n) is 0.997. The fraction of sp³-hybridized carbons (Fsp3) is 0.143. The maximum atomic E-state index is 5.39. The molecule has 2 heterocycles. The van der Waals surface area contributed by atoms with Gasteiger partial charge in [0.15, 0.2) is 11.6 Å². The number of hydrogen-bond donors (Lipinski definition) is 1. The Kier molecular flexibility index (Phi) is 1.36. The summed E-state index contributed by atoms with van der Waals surface area (Å²) in [6.07, 6.45) is 3.52. The highest BCUT2D eigenvalue weighted by Crippen LogP contribution is 2.17. The number of hydrogen-bond acceptors (Lipinski definition) is 4. The van der Waals surface area contributed by atoms with E-state index in [1.54, 1.807) is 12.3 Å². The van der Waals surface area contributed by atoms with Crippen LogP contribution in [-0.4, -0.2) is 14.7 Å². The lowest BCUT2D eigenvalue weighted by Crippen LogP contribution is -1.89. The van der Waals surface area contributed by atoms with Gasteiger partial charge in [0.25, 0.3) is 0 Å². The summed E-state index contributed by atoms with van der Waals surface area (Å²) in [5, 5.41) is 3.56. The summed E-state index contributed by atoms with van der Waals surface area (Å²) in [7, 11) is 1.88. The summed E-state index contributed by atoms with van der Waals surface area (Å²) >= 11 is 0. The molecule has 0 radical (unpaired) electrons. The van der Waals surface area contributed by atoms with Crippen molar-refractivity contribution in [1.29, 1.82) is 0 Å². The lowest BCUT2D eigenvalue weighted by molar-refractivity contribution is 0.432. The molecule has 2 aromatic rings. The van der Waals surface area contributed by atoms with Crippen LogP contribution in [0.2, 0.25) is 0 Å². The zero-order valence-electron chi connectivity index (χ0n) is 6.56. The standard InChI is InChI=1S/C7H8N4O/c1-11-3-2-9-7(11)5-4-6(8)10-12-5/h2-4H,1H3,(H2,8,10). The quantitative estimate of drug-likeness (QED) is 0.672. The maximum absolute atomic E-state index is 5.39. The molecule has 0 aromatic carbocycles. The molecule has 0 aliphatic carbocycles. The third-order valence-corrected chi connectivity index (χ3v) is 1.57. The molecule has 5 heteroatoms. The van der Waals surface area contributed by atoms with Crippen LogP contribution in [0.4, 0.5) is 5.82 Å². The summed E-state index contributed by atoms with van der Waals surface area (Å²) < 4.78 is 6.76. The van der Waals surface area contributed by atoms with Gasteiger partial charge in [0.2, 0.25) is 5.76 Å². The first-order valence-electron chi connectivity index (χ1n) is 3.47. The minimum atomic E-state index is 0.369. The third-order valence-electron chi connectivity index (χ3n) is 1.57. The summed E-state index contributed by atoms with van der Waals surface area (Å²) in [5.41, 5.74) is 5.39. The first kappa shape index (κ1) is 6.90. The molecular formula is C7H8N4O. The average molecular weight is 164 g/mol. The average Bonchev–Trinajstić information content (AvgIpc) is 2.58. The van der Waals surface area contributed by atoms with Crippen molar-refractivity contribution in [1.82, 2.24) is 14.7 Å². The predicted molar refractivity (Wildman–Crippen MR) is 43.1 cm³/mol. The van der Waals surface area contributed by atoms with Crippen LogP contribution in [-0.2, 0) is 7.05 Å². The number of rotatable bonds is 1. The Morgan fingerprint density at radius 3 is 2.92 bits per heavy atom. The first-order chi connectivity index (χ1) is 5.77. The molecule has 62 valence electrons. The van der Waals surface area contributed by atoms with Crippen LogP contribution >= 0.6 is 0 Å². The maximum Gasteiger partial charge on any atom is 0.204 e. The molecule has 0 bridgehead atoms. The molecule has 0 fully saturated rings. The Labute approximate surface area is 68.8 Å². The van der Waals surface area contributed by atoms with E-state index < -0.39 is 0 Å². The molecule has 0 saturated heterocycles. The van der Waals surface area contributed by atoms with E-state index in [0.29, 0.717) is 11.6 Å². The predicted octanol–water partition coefficient (Wildman–Crippen LogP) is 0.657. The van der Waals surface area contributed by atoms with Gasteiger partial charge in [0, 0.05) is 25.5 Å². The molecule has 12 heavy (non-hydrogen) atoms. The van der Waals surface area contributed by atoms with Gasteiger partial charge in [-0.1, -0.05) is 5.16 Å². The van der Waals surface area contributed by atoms with Crippen molar-refractivity contribution < 1.29 is 4.52 Å². The van der Waals surface area contributed by atoms with E-state index in [1.807, 2.05) is 17.8 Å². The number of nitrogens with zero attached hydrogens (tertiary/aromatic N) is 3. The van der Waals surface area contributed by atoms with Crippen molar-refractivity contribution in [3.8, 4) is 11.6 Å². The van der Waals surface area contributed by atoms with E-state index in [0.717, 1.165) is 5.82 Å². The van der Waals surface area contributed by atoms with Crippen molar-refractivity contribution in [2.45, 2.75) is 0 Å². The minimum Gasteiger partial charge on any atom is -0.381 e. The summed E-state index contributed by atoms with van der Waals surface area (Å²) in [6.45, 7) is 0. The normalized spacial score (nSPS) is 10.4. The molecular weight excluding hydrogens is 156 g/mol. The summed E-state index contributed by atoms with van der Waals surface area (Å²) in [4.78, 5) is 4.07.